The molecule has 1 aliphatic carbocycles. The first-order chi connectivity index (χ1) is 6.11. The fraction of sp³-hybridized carbons (Fsp3) is 0.400. The highest BCUT2D eigenvalue weighted by molar-refractivity contribution is 5.98. The standard InChI is InChI=1S/C10H11NO2/c1-6-8-4-3-7(12)5-9(8)11(2)10(6)13/h3-4,6H,5H2,1-2H3. The predicted octanol–water partition coefficient (Wildman–Crippen LogP) is 0.878. The van der Waals surface area contributed by atoms with Crippen LogP contribution in [0.2, 0.25) is 0 Å². The van der Waals surface area contributed by atoms with Gasteiger partial charge in [0, 0.05) is 12.7 Å². The molecule has 0 radical (unpaired) electrons. The number of hydrogen-bond donors (Lipinski definition) is 0. The molecule has 1 amide bonds. The molecule has 0 N–H and O–H groups in total. The van der Waals surface area contributed by atoms with Gasteiger partial charge in [0.25, 0.3) is 0 Å². The van der Waals surface area contributed by atoms with Gasteiger partial charge in [0.15, 0.2) is 5.78 Å². The van der Waals surface area contributed by atoms with Crippen LogP contribution in [0.5, 0.6) is 0 Å². The molecule has 3 nitrogen and oxygen atoms in total. The summed E-state index contributed by atoms with van der Waals surface area (Å²) in [4.78, 5) is 24.2. The molecule has 3 heteroatoms. The van der Waals surface area contributed by atoms with Crippen molar-refractivity contribution in [2.75, 3.05) is 7.05 Å². The van der Waals surface area contributed by atoms with Crippen molar-refractivity contribution < 1.29 is 9.59 Å². The first kappa shape index (κ1) is 8.23. The molecule has 13 heavy (non-hydrogen) atoms. The second kappa shape index (κ2) is 2.55. The molecular weight excluding hydrogens is 166 g/mol. The van der Waals surface area contributed by atoms with Crippen molar-refractivity contribution in [3.63, 3.8) is 0 Å². The van der Waals surface area contributed by atoms with Crippen LogP contribution in [0, 0.1) is 5.92 Å². The van der Waals surface area contributed by atoms with Crippen LogP contribution in [0.1, 0.15) is 13.3 Å². The Morgan fingerprint density at radius 3 is 2.77 bits per heavy atom. The van der Waals surface area contributed by atoms with Crippen LogP contribution in [0.3, 0.4) is 0 Å². The average Bonchev–Trinajstić information content (AvgIpc) is 2.32. The summed E-state index contributed by atoms with van der Waals surface area (Å²) in [6, 6.07) is 0. The summed E-state index contributed by atoms with van der Waals surface area (Å²) in [7, 11) is 1.73. The Morgan fingerprint density at radius 2 is 2.08 bits per heavy atom. The molecule has 0 spiro atoms. The summed E-state index contributed by atoms with van der Waals surface area (Å²) in [6.45, 7) is 1.88. The minimum atomic E-state index is -0.0793. The van der Waals surface area contributed by atoms with Gasteiger partial charge in [-0.1, -0.05) is 6.08 Å². The van der Waals surface area contributed by atoms with E-state index >= 15 is 0 Å². The zero-order valence-corrected chi connectivity index (χ0v) is 7.70. The van der Waals surface area contributed by atoms with Gasteiger partial charge >= 0.3 is 0 Å². The molecule has 0 bridgehead atoms. The Bertz CT molecular complexity index is 352. The molecule has 1 aliphatic heterocycles. The normalized spacial score (nSPS) is 27.2. The van der Waals surface area contributed by atoms with Gasteiger partial charge in [-0.15, -0.1) is 0 Å². The Kier molecular flexibility index (Phi) is 1.62. The van der Waals surface area contributed by atoms with Crippen LogP contribution in [-0.4, -0.2) is 23.6 Å². The molecular formula is C10H11NO2. The summed E-state index contributed by atoms with van der Waals surface area (Å²) in [6.07, 6.45) is 3.70. The molecule has 0 saturated heterocycles. The highest BCUT2D eigenvalue weighted by atomic mass is 16.2. The molecule has 0 aromatic heterocycles. The maximum atomic E-state index is 11.5. The van der Waals surface area contributed by atoms with Crippen molar-refractivity contribution >= 4 is 11.7 Å². The zero-order chi connectivity index (χ0) is 9.59. The van der Waals surface area contributed by atoms with Crippen LogP contribution < -0.4 is 0 Å². The minimum Gasteiger partial charge on any atom is -0.318 e. The number of hydrogen-bond acceptors (Lipinski definition) is 2. The number of nitrogens with zero attached hydrogens (tertiary/aromatic N) is 1. The van der Waals surface area contributed by atoms with Crippen LogP contribution >= 0.6 is 0 Å². The minimum absolute atomic E-state index is 0.0764. The topological polar surface area (TPSA) is 37.4 Å². The third kappa shape index (κ3) is 1.03. The van der Waals surface area contributed by atoms with Gasteiger partial charge in [-0.25, -0.2) is 0 Å². The van der Waals surface area contributed by atoms with E-state index in [9.17, 15) is 9.59 Å². The second-order valence-electron chi connectivity index (χ2n) is 3.50. The average molecular weight is 177 g/mol. The van der Waals surface area contributed by atoms with Crippen LogP contribution in [0.4, 0.5) is 0 Å². The lowest BCUT2D eigenvalue weighted by Crippen LogP contribution is -2.24. The van der Waals surface area contributed by atoms with Crippen molar-refractivity contribution in [3.05, 3.63) is 23.4 Å². The Labute approximate surface area is 76.7 Å². The predicted molar refractivity (Wildman–Crippen MR) is 47.7 cm³/mol. The number of carbonyl (C=O) groups is 2. The molecule has 2 rings (SSSR count). The van der Waals surface area contributed by atoms with Crippen molar-refractivity contribution in [3.8, 4) is 0 Å². The summed E-state index contributed by atoms with van der Waals surface area (Å²) in [5, 5.41) is 0. The first-order valence-corrected chi connectivity index (χ1v) is 4.33. The number of amides is 1. The van der Waals surface area contributed by atoms with Crippen molar-refractivity contribution in [2.45, 2.75) is 13.3 Å². The van der Waals surface area contributed by atoms with E-state index in [4.69, 9.17) is 0 Å². The SMILES string of the molecule is CC1C(=O)N(C)C2=C1C=CC(=O)C2. The third-order valence-electron chi connectivity index (χ3n) is 2.70. The van der Waals surface area contributed by atoms with Crippen LogP contribution in [-0.2, 0) is 9.59 Å². The van der Waals surface area contributed by atoms with Crippen LogP contribution in [0.25, 0.3) is 0 Å². The number of rotatable bonds is 0. The number of carbonyl (C=O) groups excluding carboxylic acids is 2. The Morgan fingerprint density at radius 1 is 1.38 bits per heavy atom. The zero-order valence-electron chi connectivity index (χ0n) is 7.70. The van der Waals surface area contributed by atoms with E-state index in [0.717, 1.165) is 11.3 Å². The van der Waals surface area contributed by atoms with Gasteiger partial charge in [0.2, 0.25) is 5.91 Å². The van der Waals surface area contributed by atoms with Gasteiger partial charge in [0.1, 0.15) is 0 Å². The van der Waals surface area contributed by atoms with Gasteiger partial charge in [0.05, 0.1) is 12.3 Å². The molecule has 0 aromatic carbocycles. The molecule has 0 saturated carbocycles. The monoisotopic (exact) mass is 177 g/mol. The van der Waals surface area contributed by atoms with E-state index < -0.39 is 0 Å². The summed E-state index contributed by atoms with van der Waals surface area (Å²) >= 11 is 0. The van der Waals surface area contributed by atoms with E-state index in [1.165, 1.54) is 0 Å². The van der Waals surface area contributed by atoms with Gasteiger partial charge < -0.3 is 4.90 Å². The molecule has 1 atom stereocenters. The maximum absolute atomic E-state index is 11.5. The summed E-state index contributed by atoms with van der Waals surface area (Å²) in [5.74, 6) is 0.0844. The molecule has 1 heterocycles. The molecule has 1 unspecified atom stereocenters. The molecule has 0 fully saturated rings. The Hall–Kier alpha value is -1.38. The largest absolute Gasteiger partial charge is 0.318 e. The van der Waals surface area contributed by atoms with Gasteiger partial charge in [-0.05, 0) is 18.6 Å². The van der Waals surface area contributed by atoms with E-state index in [0.29, 0.717) is 6.42 Å². The molecule has 2 aliphatic rings. The third-order valence-corrected chi connectivity index (χ3v) is 2.70. The van der Waals surface area contributed by atoms with E-state index in [1.807, 2.05) is 6.92 Å². The summed E-state index contributed by atoms with van der Waals surface area (Å²) in [5.41, 5.74) is 1.89. The van der Waals surface area contributed by atoms with Gasteiger partial charge in [-0.2, -0.15) is 0 Å². The Balaban J connectivity index is 2.44. The lowest BCUT2D eigenvalue weighted by atomic mass is 9.96. The molecule has 0 aromatic rings. The fourth-order valence-corrected chi connectivity index (χ4v) is 1.87. The quantitative estimate of drug-likeness (QED) is 0.550. The summed E-state index contributed by atoms with van der Waals surface area (Å²) < 4.78 is 0. The van der Waals surface area contributed by atoms with E-state index in [-0.39, 0.29) is 17.6 Å². The van der Waals surface area contributed by atoms with Crippen molar-refractivity contribution in [1.29, 1.82) is 0 Å². The van der Waals surface area contributed by atoms with Gasteiger partial charge in [-0.3, -0.25) is 9.59 Å². The highest BCUT2D eigenvalue weighted by Crippen LogP contribution is 2.33. The smallest absolute Gasteiger partial charge is 0.233 e. The van der Waals surface area contributed by atoms with Crippen molar-refractivity contribution in [2.24, 2.45) is 5.92 Å². The first-order valence-electron chi connectivity index (χ1n) is 4.33. The fourth-order valence-electron chi connectivity index (χ4n) is 1.87. The number of ketones is 1. The van der Waals surface area contributed by atoms with Crippen LogP contribution in [0.15, 0.2) is 23.4 Å². The molecule has 68 valence electrons. The highest BCUT2D eigenvalue weighted by Gasteiger charge is 2.34. The number of allylic oxidation sites excluding steroid dienone is 3. The maximum Gasteiger partial charge on any atom is 0.233 e. The second-order valence-corrected chi connectivity index (χ2v) is 3.50. The van der Waals surface area contributed by atoms with Crippen molar-refractivity contribution in [1.82, 2.24) is 4.90 Å². The van der Waals surface area contributed by atoms with E-state index in [2.05, 4.69) is 0 Å². The van der Waals surface area contributed by atoms with E-state index in [1.54, 1.807) is 24.1 Å². The lowest BCUT2D eigenvalue weighted by Gasteiger charge is -2.14. The lowest BCUT2D eigenvalue weighted by molar-refractivity contribution is -0.129.